The fourth-order valence-corrected chi connectivity index (χ4v) is 2.44. The Morgan fingerprint density at radius 1 is 1.05 bits per heavy atom. The van der Waals surface area contributed by atoms with Crippen molar-refractivity contribution in [2.75, 3.05) is 40.3 Å². The van der Waals surface area contributed by atoms with Crippen molar-refractivity contribution in [3.63, 3.8) is 0 Å². The molecule has 0 aliphatic rings. The number of likely N-dealkylation sites (N-methyl/N-ethyl adjacent to an activating group) is 1. The van der Waals surface area contributed by atoms with Gasteiger partial charge in [-0.3, -0.25) is 4.90 Å². The average Bonchev–Trinajstić information content (AvgIpc) is 2.38. The maximum atomic E-state index is 5.72. The zero-order valence-corrected chi connectivity index (χ0v) is 13.6. The van der Waals surface area contributed by atoms with Gasteiger partial charge in [0.1, 0.15) is 0 Å². The second kappa shape index (κ2) is 9.11. The highest BCUT2D eigenvalue weighted by Gasteiger charge is 2.10. The molecule has 0 bridgehead atoms. The Hall–Kier alpha value is -0.900. The third kappa shape index (κ3) is 6.51. The molecule has 0 amide bonds. The van der Waals surface area contributed by atoms with Gasteiger partial charge < -0.3 is 10.6 Å². The first-order valence-corrected chi connectivity index (χ1v) is 7.66. The molecular weight excluding hydrogens is 246 g/mol. The van der Waals surface area contributed by atoms with Gasteiger partial charge in [-0.1, -0.05) is 38.1 Å². The van der Waals surface area contributed by atoms with Gasteiger partial charge >= 0.3 is 0 Å². The second-order valence-corrected chi connectivity index (χ2v) is 6.24. The summed E-state index contributed by atoms with van der Waals surface area (Å²) in [5.74, 6) is 0.693. The summed E-state index contributed by atoms with van der Waals surface area (Å²) in [4.78, 5) is 4.80. The van der Waals surface area contributed by atoms with E-state index in [4.69, 9.17) is 5.73 Å². The van der Waals surface area contributed by atoms with E-state index >= 15 is 0 Å². The molecule has 0 spiro atoms. The molecule has 20 heavy (non-hydrogen) atoms. The van der Waals surface area contributed by atoms with Crippen molar-refractivity contribution in [3.05, 3.63) is 35.4 Å². The van der Waals surface area contributed by atoms with Crippen LogP contribution in [0.3, 0.4) is 0 Å². The Kier molecular flexibility index (Phi) is 7.82. The van der Waals surface area contributed by atoms with E-state index in [-0.39, 0.29) is 0 Å². The maximum Gasteiger partial charge on any atom is 0.0237 e. The molecule has 1 aromatic rings. The fraction of sp³-hybridized carbons (Fsp3) is 0.647. The lowest BCUT2D eigenvalue weighted by Gasteiger charge is -2.26. The topological polar surface area (TPSA) is 32.5 Å². The summed E-state index contributed by atoms with van der Waals surface area (Å²) < 4.78 is 0. The van der Waals surface area contributed by atoms with Crippen LogP contribution in [0.15, 0.2) is 24.3 Å². The summed E-state index contributed by atoms with van der Waals surface area (Å²) in [5, 5.41) is 0. The van der Waals surface area contributed by atoms with E-state index in [0.717, 1.165) is 39.1 Å². The molecular formula is C17H31N3. The highest BCUT2D eigenvalue weighted by molar-refractivity contribution is 5.27. The lowest BCUT2D eigenvalue weighted by molar-refractivity contribution is 0.211. The van der Waals surface area contributed by atoms with Crippen molar-refractivity contribution in [3.8, 4) is 0 Å². The van der Waals surface area contributed by atoms with Crippen LogP contribution in [-0.4, -0.2) is 50.1 Å². The quantitative estimate of drug-likeness (QED) is 0.751. The van der Waals surface area contributed by atoms with Crippen LogP contribution in [0, 0.1) is 5.92 Å². The molecule has 1 rings (SSSR count). The third-order valence-electron chi connectivity index (χ3n) is 3.41. The Morgan fingerprint density at radius 3 is 2.25 bits per heavy atom. The van der Waals surface area contributed by atoms with Gasteiger partial charge in [-0.25, -0.2) is 0 Å². The summed E-state index contributed by atoms with van der Waals surface area (Å²) >= 11 is 0. The maximum absolute atomic E-state index is 5.72. The Morgan fingerprint density at radius 2 is 1.70 bits per heavy atom. The average molecular weight is 277 g/mol. The third-order valence-corrected chi connectivity index (χ3v) is 3.41. The van der Waals surface area contributed by atoms with Crippen molar-refractivity contribution in [1.82, 2.24) is 9.80 Å². The molecule has 0 aromatic heterocycles. The second-order valence-electron chi connectivity index (χ2n) is 6.24. The largest absolute Gasteiger partial charge is 0.330 e. The lowest BCUT2D eigenvalue weighted by Crippen LogP contribution is -2.34. The van der Waals surface area contributed by atoms with Gasteiger partial charge in [0.25, 0.3) is 0 Å². The molecule has 0 radical (unpaired) electrons. The molecule has 0 aliphatic heterocycles. The van der Waals surface area contributed by atoms with Crippen LogP contribution in [0.25, 0.3) is 0 Å². The minimum absolute atomic E-state index is 0.693. The number of nitrogens with two attached hydrogens (primary N) is 1. The number of hydrogen-bond donors (Lipinski definition) is 1. The van der Waals surface area contributed by atoms with Crippen molar-refractivity contribution in [1.29, 1.82) is 0 Å². The van der Waals surface area contributed by atoms with E-state index < -0.39 is 0 Å². The molecule has 0 heterocycles. The van der Waals surface area contributed by atoms with Crippen molar-refractivity contribution < 1.29 is 0 Å². The van der Waals surface area contributed by atoms with Crippen molar-refractivity contribution in [2.24, 2.45) is 11.7 Å². The van der Waals surface area contributed by atoms with Gasteiger partial charge in [0.15, 0.2) is 0 Å². The van der Waals surface area contributed by atoms with Crippen LogP contribution in [0.4, 0.5) is 0 Å². The van der Waals surface area contributed by atoms with Crippen molar-refractivity contribution >= 4 is 0 Å². The summed E-state index contributed by atoms with van der Waals surface area (Å²) in [6.07, 6.45) is 0.972. The van der Waals surface area contributed by atoms with E-state index in [1.54, 1.807) is 0 Å². The monoisotopic (exact) mass is 277 g/mol. The summed E-state index contributed by atoms with van der Waals surface area (Å²) in [6, 6.07) is 8.70. The molecule has 0 atom stereocenters. The predicted molar refractivity (Wildman–Crippen MR) is 87.9 cm³/mol. The number of hydrogen-bond acceptors (Lipinski definition) is 3. The zero-order chi connectivity index (χ0) is 15.0. The minimum atomic E-state index is 0.693. The molecule has 0 fully saturated rings. The Bertz CT molecular complexity index is 374. The minimum Gasteiger partial charge on any atom is -0.330 e. The smallest absolute Gasteiger partial charge is 0.0237 e. The van der Waals surface area contributed by atoms with Gasteiger partial charge in [0, 0.05) is 26.2 Å². The Labute approximate surface area is 124 Å². The standard InChI is InChI=1S/C17H31N3/c1-15(2)13-20(12-11-19(3)4)14-17-8-6-5-7-16(17)9-10-18/h5-8,15H,9-14,18H2,1-4H3. The predicted octanol–water partition coefficient (Wildman–Crippen LogP) is 2.21. The Balaban J connectivity index is 2.72. The molecule has 0 saturated carbocycles. The number of rotatable bonds is 9. The first kappa shape index (κ1) is 17.2. The van der Waals surface area contributed by atoms with E-state index in [1.807, 2.05) is 0 Å². The number of benzene rings is 1. The van der Waals surface area contributed by atoms with Crippen LogP contribution in [-0.2, 0) is 13.0 Å². The molecule has 0 aliphatic carbocycles. The van der Waals surface area contributed by atoms with Gasteiger partial charge in [-0.15, -0.1) is 0 Å². The van der Waals surface area contributed by atoms with Crippen LogP contribution in [0.1, 0.15) is 25.0 Å². The summed E-state index contributed by atoms with van der Waals surface area (Å²) in [5.41, 5.74) is 8.54. The SMILES string of the molecule is CC(C)CN(CCN(C)C)Cc1ccccc1CCN. The van der Waals surface area contributed by atoms with Gasteiger partial charge in [-0.05, 0) is 44.1 Å². The molecule has 0 unspecified atom stereocenters. The zero-order valence-electron chi connectivity index (χ0n) is 13.6. The normalized spacial score (nSPS) is 11.8. The van der Waals surface area contributed by atoms with Crippen LogP contribution in [0.2, 0.25) is 0 Å². The van der Waals surface area contributed by atoms with Gasteiger partial charge in [0.2, 0.25) is 0 Å². The summed E-state index contributed by atoms with van der Waals surface area (Å²) in [7, 11) is 4.27. The van der Waals surface area contributed by atoms with Crippen LogP contribution < -0.4 is 5.73 Å². The van der Waals surface area contributed by atoms with E-state index in [9.17, 15) is 0 Å². The first-order chi connectivity index (χ1) is 9.52. The van der Waals surface area contributed by atoms with Crippen molar-refractivity contribution in [2.45, 2.75) is 26.8 Å². The van der Waals surface area contributed by atoms with E-state index in [2.05, 4.69) is 62.0 Å². The molecule has 3 nitrogen and oxygen atoms in total. The van der Waals surface area contributed by atoms with E-state index in [0.29, 0.717) is 5.92 Å². The molecule has 114 valence electrons. The fourth-order valence-electron chi connectivity index (χ4n) is 2.44. The van der Waals surface area contributed by atoms with Crippen LogP contribution in [0.5, 0.6) is 0 Å². The molecule has 0 saturated heterocycles. The van der Waals surface area contributed by atoms with Crippen LogP contribution >= 0.6 is 0 Å². The molecule has 3 heteroatoms. The molecule has 2 N–H and O–H groups in total. The highest BCUT2D eigenvalue weighted by atomic mass is 15.2. The summed E-state index contributed by atoms with van der Waals surface area (Å²) in [6.45, 7) is 9.68. The molecule has 1 aromatic carbocycles. The number of nitrogens with zero attached hydrogens (tertiary/aromatic N) is 2. The highest BCUT2D eigenvalue weighted by Crippen LogP contribution is 2.13. The van der Waals surface area contributed by atoms with Gasteiger partial charge in [0.05, 0.1) is 0 Å². The lowest BCUT2D eigenvalue weighted by atomic mass is 10.0. The van der Waals surface area contributed by atoms with E-state index in [1.165, 1.54) is 11.1 Å². The first-order valence-electron chi connectivity index (χ1n) is 7.66. The van der Waals surface area contributed by atoms with Gasteiger partial charge in [-0.2, -0.15) is 0 Å².